The van der Waals surface area contributed by atoms with Crippen LogP contribution in [-0.2, 0) is 0 Å². The zero-order chi connectivity index (χ0) is 16.6. The zero-order valence-electron chi connectivity index (χ0n) is 12.6. The monoisotopic (exact) mass is 313 g/mol. The fraction of sp³-hybridized carbons (Fsp3) is 0.118. The molecular weight excluding hydrogens is 298 g/mol. The number of phenolic OH excluding ortho intramolecular Hbond substituents is 1. The molecule has 1 heterocycles. The lowest BCUT2D eigenvalue weighted by Crippen LogP contribution is -2.03. The van der Waals surface area contributed by atoms with E-state index >= 15 is 0 Å². The third kappa shape index (κ3) is 2.44. The van der Waals surface area contributed by atoms with E-state index in [1.54, 1.807) is 24.3 Å². The van der Waals surface area contributed by atoms with Crippen molar-refractivity contribution in [2.75, 3.05) is 20.0 Å². The topological polar surface area (TPSA) is 94.9 Å². The van der Waals surface area contributed by atoms with Gasteiger partial charge in [0.1, 0.15) is 16.7 Å². The van der Waals surface area contributed by atoms with Crippen LogP contribution in [0.25, 0.3) is 22.3 Å². The van der Waals surface area contributed by atoms with Crippen LogP contribution < -0.4 is 20.6 Å². The number of nitrogen functional groups attached to an aromatic ring is 1. The minimum Gasteiger partial charge on any atom is -0.504 e. The predicted molar refractivity (Wildman–Crippen MR) is 87.1 cm³/mol. The molecule has 0 aliphatic heterocycles. The molecule has 2 aromatic carbocycles. The van der Waals surface area contributed by atoms with Gasteiger partial charge in [0.05, 0.1) is 14.2 Å². The van der Waals surface area contributed by atoms with Crippen molar-refractivity contribution in [3.63, 3.8) is 0 Å². The molecule has 3 rings (SSSR count). The second kappa shape index (κ2) is 5.57. The molecule has 0 amide bonds. The van der Waals surface area contributed by atoms with E-state index in [1.807, 2.05) is 0 Å². The standard InChI is InChI=1S/C17H15NO5/c1-21-14-8-13-15(16(20)17(14)22-2)11(19)7-12(23-13)9-4-3-5-10(18)6-9/h3-8,20H,18H2,1-2H3. The first-order valence-corrected chi connectivity index (χ1v) is 6.83. The zero-order valence-corrected chi connectivity index (χ0v) is 12.6. The third-order valence-corrected chi connectivity index (χ3v) is 3.51. The van der Waals surface area contributed by atoms with Gasteiger partial charge in [0.25, 0.3) is 0 Å². The number of phenols is 1. The highest BCUT2D eigenvalue weighted by Gasteiger charge is 2.19. The fourth-order valence-electron chi connectivity index (χ4n) is 2.44. The van der Waals surface area contributed by atoms with Crippen LogP contribution >= 0.6 is 0 Å². The van der Waals surface area contributed by atoms with Gasteiger partial charge in [-0.2, -0.15) is 0 Å². The Morgan fingerprint density at radius 1 is 1.13 bits per heavy atom. The van der Waals surface area contributed by atoms with Crippen LogP contribution in [0.3, 0.4) is 0 Å². The first kappa shape index (κ1) is 14.8. The number of aromatic hydroxyl groups is 1. The molecule has 0 aliphatic carbocycles. The van der Waals surface area contributed by atoms with Gasteiger partial charge in [-0.15, -0.1) is 0 Å². The van der Waals surface area contributed by atoms with Crippen molar-refractivity contribution in [1.29, 1.82) is 0 Å². The Balaban J connectivity index is 2.32. The number of anilines is 1. The average molecular weight is 313 g/mol. The molecule has 23 heavy (non-hydrogen) atoms. The van der Waals surface area contributed by atoms with Crippen LogP contribution in [0.4, 0.5) is 5.69 Å². The van der Waals surface area contributed by atoms with Crippen molar-refractivity contribution in [2.45, 2.75) is 0 Å². The highest BCUT2D eigenvalue weighted by Crippen LogP contribution is 2.42. The van der Waals surface area contributed by atoms with Crippen LogP contribution in [0.5, 0.6) is 17.2 Å². The maximum Gasteiger partial charge on any atom is 0.204 e. The number of hydrogen-bond donors (Lipinski definition) is 2. The Kier molecular flexibility index (Phi) is 3.57. The summed E-state index contributed by atoms with van der Waals surface area (Å²) >= 11 is 0. The molecule has 0 atom stereocenters. The molecule has 3 N–H and O–H groups in total. The Bertz CT molecular complexity index is 946. The van der Waals surface area contributed by atoms with E-state index in [9.17, 15) is 9.90 Å². The van der Waals surface area contributed by atoms with Gasteiger partial charge in [-0.05, 0) is 12.1 Å². The fourth-order valence-corrected chi connectivity index (χ4v) is 2.44. The van der Waals surface area contributed by atoms with E-state index in [4.69, 9.17) is 19.6 Å². The Morgan fingerprint density at radius 3 is 2.57 bits per heavy atom. The van der Waals surface area contributed by atoms with E-state index in [1.165, 1.54) is 26.4 Å². The van der Waals surface area contributed by atoms with E-state index < -0.39 is 0 Å². The van der Waals surface area contributed by atoms with Gasteiger partial charge in [-0.1, -0.05) is 12.1 Å². The van der Waals surface area contributed by atoms with Gasteiger partial charge < -0.3 is 24.7 Å². The summed E-state index contributed by atoms with van der Waals surface area (Å²) in [6.45, 7) is 0. The second-order valence-electron chi connectivity index (χ2n) is 4.93. The summed E-state index contributed by atoms with van der Waals surface area (Å²) < 4.78 is 16.0. The Hall–Kier alpha value is -3.15. The maximum atomic E-state index is 12.4. The number of methoxy groups -OCH3 is 2. The van der Waals surface area contributed by atoms with Gasteiger partial charge in [0.15, 0.2) is 16.9 Å². The van der Waals surface area contributed by atoms with Crippen molar-refractivity contribution >= 4 is 16.7 Å². The maximum absolute atomic E-state index is 12.4. The molecule has 6 nitrogen and oxygen atoms in total. The molecule has 0 spiro atoms. The molecule has 118 valence electrons. The summed E-state index contributed by atoms with van der Waals surface area (Å²) in [7, 11) is 2.81. The molecule has 0 aliphatic rings. The van der Waals surface area contributed by atoms with Crippen LogP contribution in [-0.4, -0.2) is 19.3 Å². The largest absolute Gasteiger partial charge is 0.504 e. The summed E-state index contributed by atoms with van der Waals surface area (Å²) in [4.78, 5) is 12.4. The van der Waals surface area contributed by atoms with Crippen molar-refractivity contribution in [1.82, 2.24) is 0 Å². The molecular formula is C17H15NO5. The lowest BCUT2D eigenvalue weighted by Gasteiger charge is -2.12. The first-order valence-electron chi connectivity index (χ1n) is 6.83. The first-order chi connectivity index (χ1) is 11.0. The van der Waals surface area contributed by atoms with E-state index in [0.29, 0.717) is 17.0 Å². The smallest absolute Gasteiger partial charge is 0.204 e. The van der Waals surface area contributed by atoms with Crippen LogP contribution in [0.1, 0.15) is 0 Å². The van der Waals surface area contributed by atoms with Gasteiger partial charge in [-0.3, -0.25) is 4.79 Å². The molecule has 0 unspecified atom stereocenters. The van der Waals surface area contributed by atoms with Gasteiger partial charge in [-0.25, -0.2) is 0 Å². The number of benzene rings is 2. The third-order valence-electron chi connectivity index (χ3n) is 3.51. The van der Waals surface area contributed by atoms with Crippen LogP contribution in [0.15, 0.2) is 45.6 Å². The summed E-state index contributed by atoms with van der Waals surface area (Å²) in [5.41, 5.74) is 6.79. The number of nitrogens with two attached hydrogens (primary N) is 1. The highest BCUT2D eigenvalue weighted by atomic mass is 16.5. The quantitative estimate of drug-likeness (QED) is 0.722. The van der Waals surface area contributed by atoms with Crippen molar-refractivity contribution in [2.24, 2.45) is 0 Å². The molecule has 0 saturated carbocycles. The van der Waals surface area contributed by atoms with E-state index in [-0.39, 0.29) is 33.6 Å². The second-order valence-corrected chi connectivity index (χ2v) is 4.93. The van der Waals surface area contributed by atoms with Crippen molar-refractivity contribution < 1.29 is 19.0 Å². The SMILES string of the molecule is COc1cc2oc(-c3cccc(N)c3)cc(=O)c2c(O)c1OC. The summed E-state index contributed by atoms with van der Waals surface area (Å²) in [6, 6.07) is 9.79. The van der Waals surface area contributed by atoms with Crippen molar-refractivity contribution in [3.8, 4) is 28.6 Å². The molecule has 0 bridgehead atoms. The van der Waals surface area contributed by atoms with Gasteiger partial charge >= 0.3 is 0 Å². The Labute approximate surface area is 131 Å². The number of ether oxygens (including phenoxy) is 2. The minimum absolute atomic E-state index is 0.0373. The summed E-state index contributed by atoms with van der Waals surface area (Å²) in [6.07, 6.45) is 0. The van der Waals surface area contributed by atoms with E-state index in [2.05, 4.69) is 0 Å². The lowest BCUT2D eigenvalue weighted by atomic mass is 10.1. The molecule has 3 aromatic rings. The van der Waals surface area contributed by atoms with Gasteiger partial charge in [0.2, 0.25) is 5.75 Å². The number of fused-ring (bicyclic) bond motifs is 1. The number of hydrogen-bond acceptors (Lipinski definition) is 6. The summed E-state index contributed by atoms with van der Waals surface area (Å²) in [5.74, 6) is 0.394. The van der Waals surface area contributed by atoms with Crippen LogP contribution in [0, 0.1) is 0 Å². The summed E-state index contributed by atoms with van der Waals surface area (Å²) in [5, 5.41) is 10.3. The van der Waals surface area contributed by atoms with Crippen molar-refractivity contribution in [3.05, 3.63) is 46.6 Å². The molecule has 1 aromatic heterocycles. The Morgan fingerprint density at radius 2 is 1.91 bits per heavy atom. The molecule has 0 saturated heterocycles. The number of rotatable bonds is 3. The van der Waals surface area contributed by atoms with Crippen LogP contribution in [0.2, 0.25) is 0 Å². The molecule has 6 heteroatoms. The van der Waals surface area contributed by atoms with E-state index in [0.717, 1.165) is 0 Å². The molecule has 0 fully saturated rings. The average Bonchev–Trinajstić information content (AvgIpc) is 2.53. The molecule has 0 radical (unpaired) electrons. The highest BCUT2D eigenvalue weighted by molar-refractivity contribution is 5.89. The minimum atomic E-state index is -0.387. The normalized spacial score (nSPS) is 10.7. The lowest BCUT2D eigenvalue weighted by molar-refractivity contribution is 0.334. The van der Waals surface area contributed by atoms with Gasteiger partial charge in [0, 0.05) is 23.4 Å². The predicted octanol–water partition coefficient (Wildman–Crippen LogP) is 2.76.